The summed E-state index contributed by atoms with van der Waals surface area (Å²) in [5.74, 6) is 0.148. The summed E-state index contributed by atoms with van der Waals surface area (Å²) < 4.78 is 0. The molecule has 4 N–H and O–H groups in total. The maximum atomic E-state index is 11.2. The van der Waals surface area contributed by atoms with Gasteiger partial charge in [-0.25, -0.2) is 9.97 Å². The Morgan fingerprint density at radius 1 is 1.29 bits per heavy atom. The third-order valence-electron chi connectivity index (χ3n) is 3.34. The van der Waals surface area contributed by atoms with E-state index in [0.717, 1.165) is 10.9 Å². The molecule has 0 saturated carbocycles. The van der Waals surface area contributed by atoms with Crippen LogP contribution < -0.4 is 11.1 Å². The van der Waals surface area contributed by atoms with E-state index in [2.05, 4.69) is 20.3 Å². The summed E-state index contributed by atoms with van der Waals surface area (Å²) in [4.78, 5) is 22.5. The topological polar surface area (TPSA) is 96.7 Å². The number of rotatable bonds is 4. The number of amides is 1. The first-order valence-corrected chi connectivity index (χ1v) is 6.60. The first-order valence-electron chi connectivity index (χ1n) is 6.60. The molecule has 0 aliphatic heterocycles. The van der Waals surface area contributed by atoms with Crippen molar-refractivity contribution in [1.29, 1.82) is 0 Å². The second-order valence-corrected chi connectivity index (χ2v) is 4.81. The lowest BCUT2D eigenvalue weighted by Crippen LogP contribution is -2.10. The first-order chi connectivity index (χ1) is 10.1. The Labute approximate surface area is 121 Å². The van der Waals surface area contributed by atoms with Gasteiger partial charge in [-0.3, -0.25) is 4.79 Å². The molecule has 21 heavy (non-hydrogen) atoms. The second-order valence-electron chi connectivity index (χ2n) is 4.81. The van der Waals surface area contributed by atoms with Gasteiger partial charge in [0.2, 0.25) is 0 Å². The van der Waals surface area contributed by atoms with Gasteiger partial charge in [-0.1, -0.05) is 30.3 Å². The number of anilines is 1. The van der Waals surface area contributed by atoms with E-state index in [1.54, 1.807) is 6.07 Å². The fraction of sp³-hybridized carbons (Fsp3) is 0.133. The first kappa shape index (κ1) is 13.1. The average Bonchev–Trinajstić information content (AvgIpc) is 2.93. The number of fused-ring (bicyclic) bond motifs is 1. The second kappa shape index (κ2) is 5.24. The van der Waals surface area contributed by atoms with Gasteiger partial charge in [0.05, 0.1) is 5.39 Å². The minimum Gasteiger partial charge on any atom is -0.364 e. The molecule has 2 heterocycles. The number of nitrogens with one attached hydrogen (secondary N) is 2. The molecule has 1 atom stereocenters. The van der Waals surface area contributed by atoms with Crippen molar-refractivity contribution in [2.45, 2.75) is 13.0 Å². The molecular weight excluding hydrogens is 266 g/mol. The lowest BCUT2D eigenvalue weighted by atomic mass is 10.1. The average molecular weight is 281 g/mol. The lowest BCUT2D eigenvalue weighted by molar-refractivity contribution is 0.0996. The summed E-state index contributed by atoms with van der Waals surface area (Å²) in [6, 6.07) is 11.8. The summed E-state index contributed by atoms with van der Waals surface area (Å²) in [6.07, 6.45) is 1.45. The van der Waals surface area contributed by atoms with E-state index in [1.807, 2.05) is 37.3 Å². The summed E-state index contributed by atoms with van der Waals surface area (Å²) in [5, 5.41) is 4.07. The highest BCUT2D eigenvalue weighted by molar-refractivity contribution is 5.99. The largest absolute Gasteiger partial charge is 0.364 e. The zero-order valence-electron chi connectivity index (χ0n) is 11.5. The van der Waals surface area contributed by atoms with Crippen molar-refractivity contribution in [2.24, 2.45) is 5.73 Å². The molecule has 3 aromatic rings. The third-order valence-corrected chi connectivity index (χ3v) is 3.34. The molecule has 6 heteroatoms. The third kappa shape index (κ3) is 2.55. The molecule has 0 unspecified atom stereocenters. The molecule has 1 amide bonds. The fourth-order valence-electron chi connectivity index (χ4n) is 2.22. The maximum Gasteiger partial charge on any atom is 0.265 e. The van der Waals surface area contributed by atoms with Gasteiger partial charge in [0.1, 0.15) is 23.5 Å². The standard InChI is InChI=1S/C15H15N5O/c1-9(10-5-3-2-4-6-10)19-14-11-7-12(13(16)21)20-15(11)18-8-17-14/h2-9H,1H3,(H2,16,21)(H2,17,18,19,20)/t9-/m1/s1. The van der Waals surface area contributed by atoms with Crippen LogP contribution in [0.2, 0.25) is 0 Å². The number of benzene rings is 1. The van der Waals surface area contributed by atoms with Crippen molar-refractivity contribution < 1.29 is 4.79 Å². The highest BCUT2D eigenvalue weighted by Gasteiger charge is 2.13. The van der Waals surface area contributed by atoms with E-state index in [-0.39, 0.29) is 6.04 Å². The van der Waals surface area contributed by atoms with Crippen LogP contribution >= 0.6 is 0 Å². The van der Waals surface area contributed by atoms with Crippen molar-refractivity contribution >= 4 is 22.8 Å². The van der Waals surface area contributed by atoms with Crippen LogP contribution in [0.25, 0.3) is 11.0 Å². The molecule has 106 valence electrons. The van der Waals surface area contributed by atoms with Gasteiger partial charge < -0.3 is 16.0 Å². The van der Waals surface area contributed by atoms with Crippen molar-refractivity contribution in [2.75, 3.05) is 5.32 Å². The van der Waals surface area contributed by atoms with Gasteiger partial charge in [-0.2, -0.15) is 0 Å². The minimum absolute atomic E-state index is 0.0798. The molecule has 0 aliphatic rings. The van der Waals surface area contributed by atoms with E-state index >= 15 is 0 Å². The van der Waals surface area contributed by atoms with E-state index in [4.69, 9.17) is 5.73 Å². The highest BCUT2D eigenvalue weighted by atomic mass is 16.1. The van der Waals surface area contributed by atoms with Gasteiger partial charge >= 0.3 is 0 Å². The number of hydrogen-bond donors (Lipinski definition) is 3. The quantitative estimate of drug-likeness (QED) is 0.683. The van der Waals surface area contributed by atoms with Crippen LogP contribution in [-0.4, -0.2) is 20.9 Å². The summed E-state index contributed by atoms with van der Waals surface area (Å²) in [7, 11) is 0. The van der Waals surface area contributed by atoms with Gasteiger partial charge in [-0.05, 0) is 18.6 Å². The molecule has 0 saturated heterocycles. The number of carbonyl (C=O) groups is 1. The highest BCUT2D eigenvalue weighted by Crippen LogP contribution is 2.24. The smallest absolute Gasteiger partial charge is 0.265 e. The molecule has 2 aromatic heterocycles. The summed E-state index contributed by atoms with van der Waals surface area (Å²) >= 11 is 0. The van der Waals surface area contributed by atoms with Gasteiger partial charge in [0.25, 0.3) is 5.91 Å². The van der Waals surface area contributed by atoms with Crippen molar-refractivity contribution in [3.63, 3.8) is 0 Å². The van der Waals surface area contributed by atoms with Crippen LogP contribution in [0.15, 0.2) is 42.7 Å². The van der Waals surface area contributed by atoms with Crippen LogP contribution in [0.1, 0.15) is 29.0 Å². The molecule has 0 aliphatic carbocycles. The van der Waals surface area contributed by atoms with Crippen LogP contribution in [0.5, 0.6) is 0 Å². The van der Waals surface area contributed by atoms with Gasteiger partial charge in [-0.15, -0.1) is 0 Å². The molecule has 0 radical (unpaired) electrons. The number of aromatic nitrogens is 3. The number of carbonyl (C=O) groups excluding carboxylic acids is 1. The SMILES string of the molecule is C[C@@H](Nc1ncnc2[nH]c(C(N)=O)cc12)c1ccccc1. The van der Waals surface area contributed by atoms with Crippen LogP contribution in [0.3, 0.4) is 0 Å². The van der Waals surface area contributed by atoms with E-state index in [9.17, 15) is 4.79 Å². The monoisotopic (exact) mass is 281 g/mol. The molecule has 0 bridgehead atoms. The zero-order chi connectivity index (χ0) is 14.8. The Balaban J connectivity index is 1.95. The minimum atomic E-state index is -0.518. The molecular formula is C15H15N5O. The summed E-state index contributed by atoms with van der Waals surface area (Å²) in [6.45, 7) is 2.05. The Morgan fingerprint density at radius 3 is 2.76 bits per heavy atom. The lowest BCUT2D eigenvalue weighted by Gasteiger charge is -2.15. The van der Waals surface area contributed by atoms with Crippen molar-refractivity contribution in [3.8, 4) is 0 Å². The zero-order valence-corrected chi connectivity index (χ0v) is 11.5. The summed E-state index contributed by atoms with van der Waals surface area (Å²) in [5.41, 5.74) is 7.33. The molecule has 1 aromatic carbocycles. The van der Waals surface area contributed by atoms with E-state index < -0.39 is 5.91 Å². The number of H-pyrrole nitrogens is 1. The van der Waals surface area contributed by atoms with Crippen molar-refractivity contribution in [1.82, 2.24) is 15.0 Å². The number of primary amides is 1. The predicted molar refractivity (Wildman–Crippen MR) is 80.9 cm³/mol. The van der Waals surface area contributed by atoms with Crippen LogP contribution in [0, 0.1) is 0 Å². The van der Waals surface area contributed by atoms with E-state index in [1.165, 1.54) is 6.33 Å². The normalized spacial score (nSPS) is 12.2. The maximum absolute atomic E-state index is 11.2. The van der Waals surface area contributed by atoms with Crippen LogP contribution in [0.4, 0.5) is 5.82 Å². The molecule has 3 rings (SSSR count). The number of nitrogens with zero attached hydrogens (tertiary/aromatic N) is 2. The van der Waals surface area contributed by atoms with Gasteiger partial charge in [0.15, 0.2) is 0 Å². The predicted octanol–water partition coefficient (Wildman–Crippen LogP) is 2.23. The number of hydrogen-bond acceptors (Lipinski definition) is 4. The fourth-order valence-corrected chi connectivity index (χ4v) is 2.22. The Bertz CT molecular complexity index is 781. The number of aromatic amines is 1. The van der Waals surface area contributed by atoms with Gasteiger partial charge in [0, 0.05) is 6.04 Å². The van der Waals surface area contributed by atoms with Crippen LogP contribution in [-0.2, 0) is 0 Å². The molecule has 0 spiro atoms. The molecule has 0 fully saturated rings. The molecule has 6 nitrogen and oxygen atoms in total. The van der Waals surface area contributed by atoms with E-state index in [0.29, 0.717) is 17.2 Å². The number of nitrogens with two attached hydrogens (primary N) is 1. The van der Waals surface area contributed by atoms with Crippen molar-refractivity contribution in [3.05, 3.63) is 54.0 Å². The Morgan fingerprint density at radius 2 is 2.05 bits per heavy atom. The Kier molecular flexibility index (Phi) is 3.27. The Hall–Kier alpha value is -2.89.